The fourth-order valence-electron chi connectivity index (χ4n) is 3.05. The number of nitrogens with zero attached hydrogens (tertiary/aromatic N) is 1. The number of rotatable bonds is 7. The third-order valence-electron chi connectivity index (χ3n) is 4.60. The highest BCUT2D eigenvalue weighted by molar-refractivity contribution is 7.89. The summed E-state index contributed by atoms with van der Waals surface area (Å²) in [6, 6.07) is 15.6. The molecule has 1 unspecified atom stereocenters. The summed E-state index contributed by atoms with van der Waals surface area (Å²) in [5.74, 6) is 0.307. The topological polar surface area (TPSA) is 84.9 Å². The Morgan fingerprint density at radius 1 is 1.20 bits per heavy atom. The van der Waals surface area contributed by atoms with E-state index in [0.717, 1.165) is 0 Å². The minimum atomic E-state index is -3.83. The lowest BCUT2D eigenvalue weighted by molar-refractivity contribution is -0.137. The number of morpholine rings is 1. The molecule has 0 spiro atoms. The molecule has 1 saturated heterocycles. The standard InChI is InChI=1S/C21H25ClN2O5S/c1-21(2,29-16-8-4-3-5-9-16)15-23-20(25)18-14-24(12-13-28-18)30(26,27)19-11-7-6-10-17(19)22/h3-11,18H,12-15H2,1-2H3,(H,23,25). The Morgan fingerprint density at radius 3 is 2.57 bits per heavy atom. The molecule has 0 aromatic heterocycles. The lowest BCUT2D eigenvalue weighted by atomic mass is 10.1. The van der Waals surface area contributed by atoms with Crippen molar-refractivity contribution in [3.05, 3.63) is 59.6 Å². The van der Waals surface area contributed by atoms with E-state index in [1.807, 2.05) is 44.2 Å². The van der Waals surface area contributed by atoms with E-state index >= 15 is 0 Å². The number of hydrogen-bond acceptors (Lipinski definition) is 5. The first kappa shape index (κ1) is 22.6. The molecule has 3 rings (SSSR count). The second-order valence-corrected chi connectivity index (χ2v) is 9.86. The Labute approximate surface area is 182 Å². The van der Waals surface area contributed by atoms with Crippen molar-refractivity contribution >= 4 is 27.5 Å². The van der Waals surface area contributed by atoms with Crippen LogP contribution in [0.4, 0.5) is 0 Å². The van der Waals surface area contributed by atoms with Crippen LogP contribution in [0.1, 0.15) is 13.8 Å². The van der Waals surface area contributed by atoms with E-state index in [-0.39, 0.29) is 36.2 Å². The number of amides is 1. The van der Waals surface area contributed by atoms with Crippen LogP contribution in [-0.2, 0) is 19.6 Å². The molecule has 1 fully saturated rings. The van der Waals surface area contributed by atoms with Crippen LogP contribution in [0.2, 0.25) is 5.02 Å². The molecule has 9 heteroatoms. The maximum Gasteiger partial charge on any atom is 0.250 e. The molecule has 2 aromatic carbocycles. The van der Waals surface area contributed by atoms with Crippen molar-refractivity contribution in [3.8, 4) is 5.75 Å². The fraction of sp³-hybridized carbons (Fsp3) is 0.381. The number of ether oxygens (including phenoxy) is 2. The van der Waals surface area contributed by atoms with Crippen molar-refractivity contribution in [2.75, 3.05) is 26.2 Å². The number of carbonyl (C=O) groups excluding carboxylic acids is 1. The lowest BCUT2D eigenvalue weighted by Crippen LogP contribution is -2.53. The van der Waals surface area contributed by atoms with Crippen LogP contribution < -0.4 is 10.1 Å². The Bertz CT molecular complexity index is 982. The largest absolute Gasteiger partial charge is 0.486 e. The Morgan fingerprint density at radius 2 is 1.87 bits per heavy atom. The highest BCUT2D eigenvalue weighted by atomic mass is 35.5. The van der Waals surface area contributed by atoms with Crippen molar-refractivity contribution in [1.82, 2.24) is 9.62 Å². The molecule has 1 heterocycles. The van der Waals surface area contributed by atoms with Crippen LogP contribution in [0.3, 0.4) is 0 Å². The van der Waals surface area contributed by atoms with Gasteiger partial charge < -0.3 is 14.8 Å². The fourth-order valence-corrected chi connectivity index (χ4v) is 4.97. The highest BCUT2D eigenvalue weighted by Crippen LogP contribution is 2.25. The van der Waals surface area contributed by atoms with Gasteiger partial charge in [0.2, 0.25) is 10.0 Å². The van der Waals surface area contributed by atoms with Gasteiger partial charge in [-0.3, -0.25) is 4.79 Å². The predicted octanol–water partition coefficient (Wildman–Crippen LogP) is 2.70. The molecule has 1 aliphatic rings. The normalized spacial score (nSPS) is 18.0. The van der Waals surface area contributed by atoms with Crippen molar-refractivity contribution in [2.24, 2.45) is 0 Å². The Kier molecular flexibility index (Phi) is 7.02. The number of nitrogens with one attached hydrogen (secondary N) is 1. The van der Waals surface area contributed by atoms with Crippen molar-refractivity contribution in [1.29, 1.82) is 0 Å². The molecule has 2 aromatic rings. The molecule has 1 N–H and O–H groups in total. The molecule has 0 saturated carbocycles. The molecule has 30 heavy (non-hydrogen) atoms. The van der Waals surface area contributed by atoms with E-state index < -0.39 is 27.6 Å². The van der Waals surface area contributed by atoms with Crippen LogP contribution in [-0.4, -0.2) is 56.6 Å². The molecule has 1 atom stereocenters. The van der Waals surface area contributed by atoms with Gasteiger partial charge in [0, 0.05) is 13.1 Å². The monoisotopic (exact) mass is 452 g/mol. The van der Waals surface area contributed by atoms with E-state index in [4.69, 9.17) is 21.1 Å². The lowest BCUT2D eigenvalue weighted by Gasteiger charge is -2.32. The van der Waals surface area contributed by atoms with Gasteiger partial charge in [-0.05, 0) is 38.1 Å². The zero-order valence-electron chi connectivity index (χ0n) is 16.9. The third-order valence-corrected chi connectivity index (χ3v) is 6.97. The number of hydrogen-bond donors (Lipinski definition) is 1. The minimum absolute atomic E-state index is 0.0186. The van der Waals surface area contributed by atoms with Gasteiger partial charge in [0.05, 0.1) is 18.2 Å². The third kappa shape index (κ3) is 5.51. The summed E-state index contributed by atoms with van der Waals surface area (Å²) in [6.45, 7) is 4.13. The molecule has 162 valence electrons. The van der Waals surface area contributed by atoms with Crippen molar-refractivity contribution < 1.29 is 22.7 Å². The Hall–Kier alpha value is -2.13. The summed E-state index contributed by atoms with van der Waals surface area (Å²) in [4.78, 5) is 12.7. The molecule has 1 amide bonds. The Balaban J connectivity index is 1.61. The van der Waals surface area contributed by atoms with Gasteiger partial charge in [-0.25, -0.2) is 8.42 Å². The van der Waals surface area contributed by atoms with E-state index in [2.05, 4.69) is 5.32 Å². The van der Waals surface area contributed by atoms with Gasteiger partial charge >= 0.3 is 0 Å². The van der Waals surface area contributed by atoms with Crippen molar-refractivity contribution in [3.63, 3.8) is 0 Å². The minimum Gasteiger partial charge on any atom is -0.486 e. The molecule has 1 aliphatic heterocycles. The summed E-state index contributed by atoms with van der Waals surface area (Å²) >= 11 is 6.06. The second kappa shape index (κ2) is 9.34. The summed E-state index contributed by atoms with van der Waals surface area (Å²) in [7, 11) is -3.83. The number of para-hydroxylation sites is 1. The van der Waals surface area contributed by atoms with Crippen molar-refractivity contribution in [2.45, 2.75) is 30.4 Å². The van der Waals surface area contributed by atoms with Gasteiger partial charge in [-0.15, -0.1) is 0 Å². The van der Waals surface area contributed by atoms with E-state index in [9.17, 15) is 13.2 Å². The molecular formula is C21H25ClN2O5S. The smallest absolute Gasteiger partial charge is 0.250 e. The van der Waals surface area contributed by atoms with Gasteiger partial charge in [0.1, 0.15) is 22.4 Å². The average Bonchev–Trinajstić information content (AvgIpc) is 2.73. The van der Waals surface area contributed by atoms with Gasteiger partial charge in [0.15, 0.2) is 0 Å². The first-order valence-electron chi connectivity index (χ1n) is 9.57. The number of sulfonamides is 1. The van der Waals surface area contributed by atoms with Crippen LogP contribution >= 0.6 is 11.6 Å². The molecule has 7 nitrogen and oxygen atoms in total. The highest BCUT2D eigenvalue weighted by Gasteiger charge is 2.35. The first-order valence-corrected chi connectivity index (χ1v) is 11.4. The molecule has 0 radical (unpaired) electrons. The zero-order chi connectivity index (χ0) is 21.8. The molecule has 0 aliphatic carbocycles. The maximum absolute atomic E-state index is 12.9. The maximum atomic E-state index is 12.9. The molecule has 0 bridgehead atoms. The zero-order valence-corrected chi connectivity index (χ0v) is 18.4. The average molecular weight is 453 g/mol. The van der Waals surface area contributed by atoms with Gasteiger partial charge in [-0.1, -0.05) is 41.9 Å². The second-order valence-electron chi connectivity index (χ2n) is 7.55. The first-order chi connectivity index (χ1) is 14.2. The van der Waals surface area contributed by atoms with E-state index in [0.29, 0.717) is 5.75 Å². The molecular weight excluding hydrogens is 428 g/mol. The number of benzene rings is 2. The van der Waals surface area contributed by atoms with Crippen LogP contribution in [0, 0.1) is 0 Å². The predicted molar refractivity (Wildman–Crippen MR) is 114 cm³/mol. The van der Waals surface area contributed by atoms with E-state index in [1.54, 1.807) is 12.1 Å². The summed E-state index contributed by atoms with van der Waals surface area (Å²) in [6.07, 6.45) is -0.913. The summed E-state index contributed by atoms with van der Waals surface area (Å²) < 4.78 is 38.5. The van der Waals surface area contributed by atoms with Crippen LogP contribution in [0.15, 0.2) is 59.5 Å². The van der Waals surface area contributed by atoms with Crippen LogP contribution in [0.5, 0.6) is 5.75 Å². The summed E-state index contributed by atoms with van der Waals surface area (Å²) in [5, 5.41) is 2.94. The summed E-state index contributed by atoms with van der Waals surface area (Å²) in [5.41, 5.74) is -0.658. The van der Waals surface area contributed by atoms with Crippen LogP contribution in [0.25, 0.3) is 0 Å². The number of halogens is 1. The SMILES string of the molecule is CC(C)(CNC(=O)C1CN(S(=O)(=O)c2ccccc2Cl)CCO1)Oc1ccccc1. The number of carbonyl (C=O) groups is 1. The van der Waals surface area contributed by atoms with Gasteiger partial charge in [0.25, 0.3) is 5.91 Å². The van der Waals surface area contributed by atoms with E-state index in [1.165, 1.54) is 16.4 Å². The van der Waals surface area contributed by atoms with Gasteiger partial charge in [-0.2, -0.15) is 4.31 Å². The quantitative estimate of drug-likeness (QED) is 0.698.